The number of ketones is 1. The van der Waals surface area contributed by atoms with E-state index in [4.69, 9.17) is 5.11 Å². The number of benzene rings is 1. The maximum atomic E-state index is 13.5. The number of amides is 2. The Labute approximate surface area is 205 Å². The molecule has 0 spiro atoms. The Bertz CT molecular complexity index is 894. The summed E-state index contributed by atoms with van der Waals surface area (Å²) in [5, 5.41) is 14.8. The Morgan fingerprint density at radius 2 is 1.85 bits per heavy atom. The Morgan fingerprint density at radius 3 is 2.44 bits per heavy atom. The lowest BCUT2D eigenvalue weighted by Gasteiger charge is -2.24. The predicted molar refractivity (Wildman–Crippen MR) is 128 cm³/mol. The Morgan fingerprint density at radius 1 is 1.12 bits per heavy atom. The molecule has 0 radical (unpaired) electrons. The summed E-state index contributed by atoms with van der Waals surface area (Å²) in [5.41, 5.74) is 0.141. The van der Waals surface area contributed by atoms with Gasteiger partial charge in [-0.3, -0.25) is 14.4 Å². The number of halogens is 2. The van der Waals surface area contributed by atoms with E-state index in [2.05, 4.69) is 10.6 Å². The second-order valence-electron chi connectivity index (χ2n) is 8.55. The van der Waals surface area contributed by atoms with Gasteiger partial charge in [-0.15, -0.1) is 0 Å². The van der Waals surface area contributed by atoms with Crippen molar-refractivity contribution >= 4 is 45.2 Å². The molecule has 1 unspecified atom stereocenters. The monoisotopic (exact) mass is 516 g/mol. The highest BCUT2D eigenvalue weighted by Crippen LogP contribution is 2.39. The van der Waals surface area contributed by atoms with Gasteiger partial charge < -0.3 is 15.7 Å². The van der Waals surface area contributed by atoms with Gasteiger partial charge in [0.1, 0.15) is 12.1 Å². The zero-order chi connectivity index (χ0) is 25.3. The fourth-order valence-electron chi connectivity index (χ4n) is 3.52. The zero-order valence-corrected chi connectivity index (χ0v) is 20.8. The van der Waals surface area contributed by atoms with Crippen LogP contribution >= 0.6 is 21.6 Å². The average Bonchev–Trinajstić information content (AvgIpc) is 3.29. The molecular formula is C23H30F2N2O5S2. The molecule has 1 aliphatic heterocycles. The lowest BCUT2D eigenvalue weighted by molar-refractivity contribution is -0.150. The normalized spacial score (nSPS) is 17.3. The molecule has 0 aliphatic carbocycles. The Kier molecular flexibility index (Phi) is 11.3. The van der Waals surface area contributed by atoms with Crippen molar-refractivity contribution in [3.05, 3.63) is 35.4 Å². The minimum absolute atomic E-state index is 0.141. The number of carbonyl (C=O) groups excluding carboxylic acids is 3. The SMILES string of the molecule is CC(C)[C@H](NC(=O)CCCCC1CCSS1)C(=O)N[C@@H](Cc1ccc(F)c(F)c1)C(=O)C(=O)O. The van der Waals surface area contributed by atoms with Gasteiger partial charge in [-0.2, -0.15) is 0 Å². The molecule has 11 heteroatoms. The highest BCUT2D eigenvalue weighted by molar-refractivity contribution is 8.77. The van der Waals surface area contributed by atoms with Crippen molar-refractivity contribution < 1.29 is 33.1 Å². The summed E-state index contributed by atoms with van der Waals surface area (Å²) in [5.74, 6) is -5.50. The predicted octanol–water partition coefficient (Wildman–Crippen LogP) is 3.50. The smallest absolute Gasteiger partial charge is 0.374 e. The number of hydrogen-bond donors (Lipinski definition) is 3. The first kappa shape index (κ1) is 28.1. The fourth-order valence-corrected chi connectivity index (χ4v) is 6.55. The molecule has 3 atom stereocenters. The maximum Gasteiger partial charge on any atom is 0.374 e. The molecule has 2 rings (SSSR count). The molecule has 7 nitrogen and oxygen atoms in total. The average molecular weight is 517 g/mol. The van der Waals surface area contributed by atoms with Crippen LogP contribution in [-0.2, 0) is 25.6 Å². The highest BCUT2D eigenvalue weighted by atomic mass is 33.1. The van der Waals surface area contributed by atoms with E-state index in [1.165, 1.54) is 12.5 Å². The summed E-state index contributed by atoms with van der Waals surface area (Å²) in [4.78, 5) is 48.7. The van der Waals surface area contributed by atoms with Crippen LogP contribution in [0, 0.1) is 17.6 Å². The van der Waals surface area contributed by atoms with E-state index in [1.807, 2.05) is 21.6 Å². The van der Waals surface area contributed by atoms with Crippen LogP contribution in [0.4, 0.5) is 8.78 Å². The minimum Gasteiger partial charge on any atom is -0.475 e. The van der Waals surface area contributed by atoms with Crippen LogP contribution in [0.1, 0.15) is 51.5 Å². The summed E-state index contributed by atoms with van der Waals surface area (Å²) >= 11 is 0. The molecule has 188 valence electrons. The van der Waals surface area contributed by atoms with Crippen molar-refractivity contribution in [1.29, 1.82) is 0 Å². The second kappa shape index (κ2) is 13.7. The number of unbranched alkanes of at least 4 members (excludes halogenated alkanes) is 1. The topological polar surface area (TPSA) is 113 Å². The van der Waals surface area contributed by atoms with Crippen LogP contribution in [-0.4, -0.2) is 51.8 Å². The number of carbonyl (C=O) groups is 4. The number of carboxylic acids is 1. The van der Waals surface area contributed by atoms with Gasteiger partial charge in [-0.1, -0.05) is 47.9 Å². The maximum absolute atomic E-state index is 13.5. The summed E-state index contributed by atoms with van der Waals surface area (Å²) < 4.78 is 26.7. The van der Waals surface area contributed by atoms with Crippen molar-refractivity contribution in [3.63, 3.8) is 0 Å². The number of nitrogens with one attached hydrogen (secondary N) is 2. The molecule has 1 aliphatic rings. The van der Waals surface area contributed by atoms with Gasteiger partial charge in [-0.25, -0.2) is 13.6 Å². The van der Waals surface area contributed by atoms with Crippen molar-refractivity contribution in [3.8, 4) is 0 Å². The van der Waals surface area contributed by atoms with Crippen LogP contribution in [0.3, 0.4) is 0 Å². The lowest BCUT2D eigenvalue weighted by Crippen LogP contribution is -2.55. The molecule has 3 N–H and O–H groups in total. The standard InChI is InChI=1S/C23H30F2N2O5S2/c1-13(2)20(27-19(28)6-4-3-5-15-9-10-33-34-15)22(30)26-18(21(29)23(31)32)12-14-7-8-16(24)17(25)11-14/h7-8,11,13,15,18,20H,3-6,9-10,12H2,1-2H3,(H,26,30)(H,27,28)(H,31,32)/t15?,18-,20-/m0/s1. The fraction of sp³-hybridized carbons (Fsp3) is 0.565. The molecule has 34 heavy (non-hydrogen) atoms. The van der Waals surface area contributed by atoms with Crippen molar-refractivity contribution in [2.75, 3.05) is 5.75 Å². The number of carboxylic acid groups (broad SMARTS) is 1. The minimum atomic E-state index is -1.77. The highest BCUT2D eigenvalue weighted by Gasteiger charge is 2.31. The molecule has 1 fully saturated rings. The third-order valence-electron chi connectivity index (χ3n) is 5.44. The van der Waals surface area contributed by atoms with Crippen molar-refractivity contribution in [1.82, 2.24) is 10.6 Å². The summed E-state index contributed by atoms with van der Waals surface area (Å²) in [6.45, 7) is 3.42. The first-order valence-corrected chi connectivity index (χ1v) is 13.6. The summed E-state index contributed by atoms with van der Waals surface area (Å²) in [6.07, 6.45) is 3.74. The molecule has 0 bridgehead atoms. The van der Waals surface area contributed by atoms with Crippen LogP contribution in [0.2, 0.25) is 0 Å². The van der Waals surface area contributed by atoms with E-state index in [-0.39, 0.29) is 30.2 Å². The number of Topliss-reactive ketones (excluding diaryl/α,β-unsaturated/α-hetero) is 1. The van der Waals surface area contributed by atoms with Crippen molar-refractivity contribution in [2.45, 2.75) is 69.7 Å². The molecule has 1 saturated heterocycles. The van der Waals surface area contributed by atoms with Crippen LogP contribution in [0.15, 0.2) is 18.2 Å². The van der Waals surface area contributed by atoms with E-state index in [1.54, 1.807) is 13.8 Å². The molecule has 1 aromatic carbocycles. The lowest BCUT2D eigenvalue weighted by atomic mass is 9.99. The first-order chi connectivity index (χ1) is 16.1. The number of aliphatic carboxylic acids is 1. The van der Waals surface area contributed by atoms with Gasteiger partial charge in [0, 0.05) is 23.8 Å². The van der Waals surface area contributed by atoms with Crippen molar-refractivity contribution in [2.24, 2.45) is 5.92 Å². The zero-order valence-electron chi connectivity index (χ0n) is 19.1. The van der Waals surface area contributed by atoms with Crippen LogP contribution in [0.5, 0.6) is 0 Å². The largest absolute Gasteiger partial charge is 0.475 e. The molecular weight excluding hydrogens is 486 g/mol. The molecule has 0 aromatic heterocycles. The van der Waals surface area contributed by atoms with Gasteiger partial charge in [-0.05, 0) is 42.9 Å². The molecule has 2 amide bonds. The van der Waals surface area contributed by atoms with E-state index in [0.29, 0.717) is 11.7 Å². The summed E-state index contributed by atoms with van der Waals surface area (Å²) in [7, 11) is 3.75. The van der Waals surface area contributed by atoms with Gasteiger partial charge >= 0.3 is 5.97 Å². The van der Waals surface area contributed by atoms with Gasteiger partial charge in [0.25, 0.3) is 5.78 Å². The van der Waals surface area contributed by atoms with Gasteiger partial charge in [0.15, 0.2) is 11.6 Å². The Hall–Kier alpha value is -2.14. The van der Waals surface area contributed by atoms with E-state index in [0.717, 1.165) is 30.7 Å². The van der Waals surface area contributed by atoms with E-state index >= 15 is 0 Å². The van der Waals surface area contributed by atoms with Crippen LogP contribution < -0.4 is 10.6 Å². The number of rotatable bonds is 13. The van der Waals surface area contributed by atoms with E-state index < -0.39 is 41.4 Å². The van der Waals surface area contributed by atoms with Crippen LogP contribution in [0.25, 0.3) is 0 Å². The number of hydrogen-bond acceptors (Lipinski definition) is 6. The third kappa shape index (κ3) is 8.90. The quantitative estimate of drug-likeness (QED) is 0.209. The second-order valence-corrected chi connectivity index (χ2v) is 11.3. The Balaban J connectivity index is 1.96. The van der Waals surface area contributed by atoms with Gasteiger partial charge in [0.05, 0.1) is 0 Å². The first-order valence-electron chi connectivity index (χ1n) is 11.2. The van der Waals surface area contributed by atoms with Gasteiger partial charge in [0.2, 0.25) is 11.8 Å². The third-order valence-corrected chi connectivity index (χ3v) is 8.45. The molecule has 0 saturated carbocycles. The van der Waals surface area contributed by atoms with E-state index in [9.17, 15) is 28.0 Å². The molecule has 1 aromatic rings. The summed E-state index contributed by atoms with van der Waals surface area (Å²) in [6, 6.07) is 0.416. The molecule has 1 heterocycles.